The van der Waals surface area contributed by atoms with Crippen LogP contribution in [0.1, 0.15) is 19.1 Å². The summed E-state index contributed by atoms with van der Waals surface area (Å²) in [6.07, 6.45) is 3.48. The highest BCUT2D eigenvalue weighted by Crippen LogP contribution is 1.99. The third kappa shape index (κ3) is 8.90. The van der Waals surface area contributed by atoms with Crippen molar-refractivity contribution in [2.24, 2.45) is 4.99 Å². The van der Waals surface area contributed by atoms with Crippen molar-refractivity contribution in [1.29, 1.82) is 0 Å². The number of morpholine rings is 1. The lowest BCUT2D eigenvalue weighted by molar-refractivity contribution is 0.0389. The zero-order chi connectivity index (χ0) is 17.6. The normalized spacial score (nSPS) is 16.1. The Kier molecular flexibility index (Phi) is 10.1. The van der Waals surface area contributed by atoms with E-state index >= 15 is 0 Å². The number of aliphatic imine (C=N–C) groups is 1. The van der Waals surface area contributed by atoms with Crippen LogP contribution in [0.15, 0.2) is 27.8 Å². The van der Waals surface area contributed by atoms with Crippen LogP contribution in [-0.2, 0) is 15.9 Å². The van der Waals surface area contributed by atoms with Gasteiger partial charge in [0.25, 0.3) is 0 Å². The van der Waals surface area contributed by atoms with Gasteiger partial charge in [-0.25, -0.2) is 0 Å². The Morgan fingerprint density at radius 3 is 2.88 bits per heavy atom. The molecule has 0 spiro atoms. The number of nitrogens with zero attached hydrogens (tertiary/aromatic N) is 2. The van der Waals surface area contributed by atoms with E-state index < -0.39 is 0 Å². The maximum absolute atomic E-state index is 5.38. The van der Waals surface area contributed by atoms with Crippen molar-refractivity contribution in [3.63, 3.8) is 0 Å². The monoisotopic (exact) mass is 352 g/mol. The van der Waals surface area contributed by atoms with Crippen molar-refractivity contribution in [3.8, 4) is 0 Å². The molecule has 0 saturated carbocycles. The molecule has 1 aliphatic heterocycles. The Morgan fingerprint density at radius 1 is 1.28 bits per heavy atom. The van der Waals surface area contributed by atoms with E-state index in [9.17, 15) is 0 Å². The number of hydrogen-bond acceptors (Lipinski definition) is 5. The summed E-state index contributed by atoms with van der Waals surface area (Å²) in [6.45, 7) is 10.6. The predicted molar refractivity (Wildman–Crippen MR) is 99.1 cm³/mol. The molecule has 0 unspecified atom stereocenters. The van der Waals surface area contributed by atoms with Crippen molar-refractivity contribution in [1.82, 2.24) is 15.5 Å². The molecule has 25 heavy (non-hydrogen) atoms. The van der Waals surface area contributed by atoms with Gasteiger partial charge in [0.05, 0.1) is 19.5 Å². The number of guanidine groups is 1. The van der Waals surface area contributed by atoms with Gasteiger partial charge in [0.1, 0.15) is 5.76 Å². The Labute approximate surface area is 150 Å². The van der Waals surface area contributed by atoms with Gasteiger partial charge < -0.3 is 24.5 Å². The Morgan fingerprint density at radius 2 is 2.12 bits per heavy atom. The van der Waals surface area contributed by atoms with Gasteiger partial charge in [-0.05, 0) is 25.5 Å². The van der Waals surface area contributed by atoms with Gasteiger partial charge in [-0.2, -0.15) is 0 Å². The predicted octanol–water partition coefficient (Wildman–Crippen LogP) is 1.12. The minimum absolute atomic E-state index is 0.757. The first-order valence-corrected chi connectivity index (χ1v) is 9.31. The molecule has 2 N–H and O–H groups in total. The lowest BCUT2D eigenvalue weighted by Gasteiger charge is -2.26. The van der Waals surface area contributed by atoms with Crippen LogP contribution in [0.3, 0.4) is 0 Å². The van der Waals surface area contributed by atoms with Gasteiger partial charge in [-0.3, -0.25) is 9.89 Å². The van der Waals surface area contributed by atoms with Crippen molar-refractivity contribution < 1.29 is 13.9 Å². The lowest BCUT2D eigenvalue weighted by atomic mass is 10.3. The van der Waals surface area contributed by atoms with E-state index in [2.05, 4.69) is 20.5 Å². The summed E-state index contributed by atoms with van der Waals surface area (Å²) in [5.41, 5.74) is 0. The second-order valence-electron chi connectivity index (χ2n) is 5.92. The molecular formula is C18H32N4O3. The quantitative estimate of drug-likeness (QED) is 0.353. The highest BCUT2D eigenvalue weighted by atomic mass is 16.5. The van der Waals surface area contributed by atoms with Gasteiger partial charge in [-0.15, -0.1) is 0 Å². The summed E-state index contributed by atoms with van der Waals surface area (Å²) in [5, 5.41) is 6.80. The van der Waals surface area contributed by atoms with E-state index in [1.165, 1.54) is 0 Å². The molecule has 7 heteroatoms. The van der Waals surface area contributed by atoms with E-state index in [0.717, 1.165) is 90.3 Å². The van der Waals surface area contributed by atoms with Crippen LogP contribution in [-0.4, -0.2) is 76.6 Å². The minimum atomic E-state index is 0.757. The minimum Gasteiger partial charge on any atom is -0.469 e. The van der Waals surface area contributed by atoms with Crippen molar-refractivity contribution in [2.45, 2.75) is 19.8 Å². The fourth-order valence-electron chi connectivity index (χ4n) is 2.59. The summed E-state index contributed by atoms with van der Waals surface area (Å²) >= 11 is 0. The number of ether oxygens (including phenoxy) is 2. The summed E-state index contributed by atoms with van der Waals surface area (Å²) in [5.74, 6) is 1.84. The van der Waals surface area contributed by atoms with E-state index in [4.69, 9.17) is 13.9 Å². The van der Waals surface area contributed by atoms with E-state index in [1.807, 2.05) is 19.1 Å². The third-order valence-corrected chi connectivity index (χ3v) is 3.99. The van der Waals surface area contributed by atoms with Crippen molar-refractivity contribution >= 4 is 5.96 Å². The van der Waals surface area contributed by atoms with Gasteiger partial charge in [-0.1, -0.05) is 0 Å². The molecule has 0 bridgehead atoms. The van der Waals surface area contributed by atoms with Gasteiger partial charge in [0.15, 0.2) is 5.96 Å². The Hall–Kier alpha value is -1.57. The standard InChI is InChI=1S/C18H32N4O3/c1-2-23-13-4-7-19-18(20-8-6-17-5-3-14-25-17)21-9-10-22-11-15-24-16-12-22/h3,5,14H,2,4,6-13,15-16H2,1H3,(H2,19,20,21). The summed E-state index contributed by atoms with van der Waals surface area (Å²) in [6, 6.07) is 3.91. The van der Waals surface area contributed by atoms with Crippen LogP contribution in [0.5, 0.6) is 0 Å². The van der Waals surface area contributed by atoms with E-state index in [0.29, 0.717) is 0 Å². The maximum atomic E-state index is 5.38. The third-order valence-electron chi connectivity index (χ3n) is 3.99. The topological polar surface area (TPSA) is 71.3 Å². The average Bonchev–Trinajstić information content (AvgIpc) is 3.15. The smallest absolute Gasteiger partial charge is 0.191 e. The largest absolute Gasteiger partial charge is 0.469 e. The van der Waals surface area contributed by atoms with Crippen molar-refractivity contribution in [2.75, 3.05) is 65.7 Å². The number of hydrogen-bond donors (Lipinski definition) is 2. The number of furan rings is 1. The molecule has 1 aromatic heterocycles. The van der Waals surface area contributed by atoms with E-state index in [1.54, 1.807) is 6.26 Å². The van der Waals surface area contributed by atoms with Gasteiger partial charge in [0.2, 0.25) is 0 Å². The molecular weight excluding hydrogens is 320 g/mol. The first-order valence-electron chi connectivity index (χ1n) is 9.31. The van der Waals surface area contributed by atoms with Gasteiger partial charge in [0, 0.05) is 58.9 Å². The molecule has 142 valence electrons. The highest BCUT2D eigenvalue weighted by Gasteiger charge is 2.09. The maximum Gasteiger partial charge on any atom is 0.191 e. The fourth-order valence-corrected chi connectivity index (χ4v) is 2.59. The zero-order valence-electron chi connectivity index (χ0n) is 15.3. The highest BCUT2D eigenvalue weighted by molar-refractivity contribution is 5.79. The molecule has 1 fully saturated rings. The summed E-state index contributed by atoms with van der Waals surface area (Å²) in [4.78, 5) is 7.05. The average molecular weight is 352 g/mol. The second-order valence-corrected chi connectivity index (χ2v) is 5.92. The molecule has 1 aliphatic rings. The second kappa shape index (κ2) is 12.7. The SMILES string of the molecule is CCOCCCN=C(NCCc1ccco1)NCCN1CCOCC1. The van der Waals surface area contributed by atoms with Crippen LogP contribution in [0.4, 0.5) is 0 Å². The molecule has 1 saturated heterocycles. The first kappa shape index (κ1) is 19.8. The summed E-state index contributed by atoms with van der Waals surface area (Å²) < 4.78 is 16.1. The van der Waals surface area contributed by atoms with Crippen LogP contribution in [0.25, 0.3) is 0 Å². The first-order chi connectivity index (χ1) is 12.4. The Balaban J connectivity index is 1.68. The van der Waals surface area contributed by atoms with Crippen LogP contribution in [0, 0.1) is 0 Å². The molecule has 0 aromatic carbocycles. The molecule has 7 nitrogen and oxygen atoms in total. The molecule has 0 aliphatic carbocycles. The fraction of sp³-hybridized carbons (Fsp3) is 0.722. The van der Waals surface area contributed by atoms with Crippen LogP contribution < -0.4 is 10.6 Å². The van der Waals surface area contributed by atoms with Crippen molar-refractivity contribution in [3.05, 3.63) is 24.2 Å². The number of nitrogens with one attached hydrogen (secondary N) is 2. The van der Waals surface area contributed by atoms with E-state index in [-0.39, 0.29) is 0 Å². The van der Waals surface area contributed by atoms with Crippen LogP contribution >= 0.6 is 0 Å². The zero-order valence-corrected chi connectivity index (χ0v) is 15.3. The molecule has 0 atom stereocenters. The number of rotatable bonds is 11. The molecule has 0 radical (unpaired) electrons. The summed E-state index contributed by atoms with van der Waals surface area (Å²) in [7, 11) is 0. The van der Waals surface area contributed by atoms with Crippen LogP contribution in [0.2, 0.25) is 0 Å². The molecule has 2 rings (SSSR count). The Bertz CT molecular complexity index is 459. The van der Waals surface area contributed by atoms with Gasteiger partial charge >= 0.3 is 0 Å². The lowest BCUT2D eigenvalue weighted by Crippen LogP contribution is -2.44. The molecule has 1 aromatic rings. The molecule has 2 heterocycles. The molecule has 0 amide bonds.